The molecule has 0 aliphatic carbocycles. The van der Waals surface area contributed by atoms with E-state index in [1.54, 1.807) is 6.20 Å². The Hall–Kier alpha value is -2.38. The number of nitrogens with zero attached hydrogens (tertiary/aromatic N) is 3. The number of aromatic nitrogens is 1. The van der Waals surface area contributed by atoms with Crippen LogP contribution in [0.3, 0.4) is 0 Å². The molecule has 1 aromatic heterocycles. The second-order valence-electron chi connectivity index (χ2n) is 4.54. The zero-order valence-electron chi connectivity index (χ0n) is 10.9. The Kier molecular flexibility index (Phi) is 4.11. The zero-order chi connectivity index (χ0) is 13.7. The van der Waals surface area contributed by atoms with Gasteiger partial charge in [0.2, 0.25) is 0 Å². The second-order valence-corrected chi connectivity index (χ2v) is 4.54. The van der Waals surface area contributed by atoms with E-state index in [1.807, 2.05) is 43.4 Å². The number of nitriles is 1. The maximum Gasteiger partial charge on any atom is 0.144 e. The minimum Gasteiger partial charge on any atom is -0.399 e. The van der Waals surface area contributed by atoms with Gasteiger partial charge in [0.1, 0.15) is 11.8 Å². The summed E-state index contributed by atoms with van der Waals surface area (Å²) in [6.45, 7) is 1.47. The van der Waals surface area contributed by atoms with Crippen molar-refractivity contribution >= 4 is 5.69 Å². The Morgan fingerprint density at radius 2 is 2.11 bits per heavy atom. The fourth-order valence-electron chi connectivity index (χ4n) is 2.02. The first-order valence-corrected chi connectivity index (χ1v) is 6.06. The molecule has 0 saturated carbocycles. The van der Waals surface area contributed by atoms with Crippen molar-refractivity contribution in [3.8, 4) is 6.07 Å². The van der Waals surface area contributed by atoms with E-state index in [9.17, 15) is 0 Å². The fraction of sp³-hybridized carbons (Fsp3) is 0.200. The average Bonchev–Trinajstić information content (AvgIpc) is 2.39. The molecule has 0 aliphatic rings. The lowest BCUT2D eigenvalue weighted by Gasteiger charge is -2.17. The maximum absolute atomic E-state index is 9.01. The van der Waals surface area contributed by atoms with Crippen molar-refractivity contribution in [1.29, 1.82) is 5.26 Å². The lowest BCUT2D eigenvalue weighted by Crippen LogP contribution is -2.18. The second kappa shape index (κ2) is 5.98. The van der Waals surface area contributed by atoms with Crippen LogP contribution in [0, 0.1) is 11.3 Å². The van der Waals surface area contributed by atoms with E-state index in [0.29, 0.717) is 12.2 Å². The molecule has 0 atom stereocenters. The summed E-state index contributed by atoms with van der Waals surface area (Å²) in [5, 5.41) is 9.01. The van der Waals surface area contributed by atoms with Crippen molar-refractivity contribution in [3.05, 3.63) is 59.4 Å². The fourth-order valence-corrected chi connectivity index (χ4v) is 2.02. The standard InChI is InChI=1S/C15H16N4/c1-19(10-12-4-2-6-14(17)8-12)11-13-5-3-7-18-15(13)9-16/h2-8H,10-11,17H2,1H3. The van der Waals surface area contributed by atoms with Crippen LogP contribution < -0.4 is 5.73 Å². The summed E-state index contributed by atoms with van der Waals surface area (Å²) in [5.41, 5.74) is 9.12. The summed E-state index contributed by atoms with van der Waals surface area (Å²) in [6, 6.07) is 13.7. The summed E-state index contributed by atoms with van der Waals surface area (Å²) in [7, 11) is 2.01. The van der Waals surface area contributed by atoms with Gasteiger partial charge in [-0.25, -0.2) is 4.98 Å². The maximum atomic E-state index is 9.01. The first-order chi connectivity index (χ1) is 9.19. The predicted molar refractivity (Wildman–Crippen MR) is 75.0 cm³/mol. The monoisotopic (exact) mass is 252 g/mol. The van der Waals surface area contributed by atoms with Crippen molar-refractivity contribution in [1.82, 2.24) is 9.88 Å². The van der Waals surface area contributed by atoms with Crippen LogP contribution in [0.1, 0.15) is 16.8 Å². The molecular weight excluding hydrogens is 236 g/mol. The Labute approximate surface area is 113 Å². The van der Waals surface area contributed by atoms with E-state index < -0.39 is 0 Å². The smallest absolute Gasteiger partial charge is 0.144 e. The summed E-state index contributed by atoms with van der Waals surface area (Å²) in [4.78, 5) is 6.20. The van der Waals surface area contributed by atoms with Gasteiger partial charge in [-0.2, -0.15) is 5.26 Å². The number of rotatable bonds is 4. The third kappa shape index (κ3) is 3.54. The molecular formula is C15H16N4. The molecule has 2 aromatic rings. The molecule has 2 rings (SSSR count). The van der Waals surface area contributed by atoms with Crippen LogP contribution in [0.25, 0.3) is 0 Å². The minimum absolute atomic E-state index is 0.488. The van der Waals surface area contributed by atoms with Crippen molar-refractivity contribution in [2.75, 3.05) is 12.8 Å². The summed E-state index contributed by atoms with van der Waals surface area (Å²) in [5.74, 6) is 0. The first kappa shape index (κ1) is 13.1. The third-order valence-corrected chi connectivity index (χ3v) is 2.84. The number of nitrogen functional groups attached to an aromatic ring is 1. The van der Waals surface area contributed by atoms with E-state index in [2.05, 4.69) is 16.0 Å². The van der Waals surface area contributed by atoms with Crippen molar-refractivity contribution in [2.45, 2.75) is 13.1 Å². The van der Waals surface area contributed by atoms with Crippen LogP contribution in [0.2, 0.25) is 0 Å². The first-order valence-electron chi connectivity index (χ1n) is 6.06. The van der Waals surface area contributed by atoms with Gasteiger partial charge in [-0.3, -0.25) is 4.90 Å². The summed E-state index contributed by atoms with van der Waals surface area (Å²) >= 11 is 0. The van der Waals surface area contributed by atoms with E-state index in [0.717, 1.165) is 23.4 Å². The van der Waals surface area contributed by atoms with Gasteiger partial charge in [0, 0.05) is 30.5 Å². The van der Waals surface area contributed by atoms with Crippen LogP contribution in [-0.4, -0.2) is 16.9 Å². The molecule has 19 heavy (non-hydrogen) atoms. The molecule has 0 bridgehead atoms. The van der Waals surface area contributed by atoms with Gasteiger partial charge >= 0.3 is 0 Å². The molecule has 0 spiro atoms. The lowest BCUT2D eigenvalue weighted by molar-refractivity contribution is 0.318. The Bertz CT molecular complexity index is 601. The number of hydrogen-bond acceptors (Lipinski definition) is 4. The molecule has 0 aliphatic heterocycles. The van der Waals surface area contributed by atoms with Crippen LogP contribution in [-0.2, 0) is 13.1 Å². The average molecular weight is 252 g/mol. The van der Waals surface area contributed by atoms with Gasteiger partial charge in [0.15, 0.2) is 0 Å². The van der Waals surface area contributed by atoms with Gasteiger partial charge in [-0.1, -0.05) is 18.2 Å². The van der Waals surface area contributed by atoms with E-state index >= 15 is 0 Å². The topological polar surface area (TPSA) is 65.9 Å². The van der Waals surface area contributed by atoms with Gasteiger partial charge in [0.05, 0.1) is 0 Å². The highest BCUT2D eigenvalue weighted by molar-refractivity contribution is 5.40. The number of hydrogen-bond donors (Lipinski definition) is 1. The lowest BCUT2D eigenvalue weighted by atomic mass is 10.1. The highest BCUT2D eigenvalue weighted by atomic mass is 15.1. The molecule has 1 aromatic carbocycles. The molecule has 0 amide bonds. The third-order valence-electron chi connectivity index (χ3n) is 2.84. The number of benzene rings is 1. The van der Waals surface area contributed by atoms with Gasteiger partial charge in [-0.05, 0) is 30.8 Å². The van der Waals surface area contributed by atoms with E-state index in [4.69, 9.17) is 11.0 Å². The van der Waals surface area contributed by atoms with Crippen LogP contribution in [0.5, 0.6) is 0 Å². The highest BCUT2D eigenvalue weighted by Crippen LogP contribution is 2.12. The predicted octanol–water partition coefficient (Wildman–Crippen LogP) is 2.17. The van der Waals surface area contributed by atoms with Gasteiger partial charge in [0.25, 0.3) is 0 Å². The highest BCUT2D eigenvalue weighted by Gasteiger charge is 2.06. The Morgan fingerprint density at radius 1 is 1.26 bits per heavy atom. The summed E-state index contributed by atoms with van der Waals surface area (Å²) < 4.78 is 0. The van der Waals surface area contributed by atoms with Crippen LogP contribution in [0.4, 0.5) is 5.69 Å². The number of pyridine rings is 1. The van der Waals surface area contributed by atoms with Crippen LogP contribution >= 0.6 is 0 Å². The Balaban J connectivity index is 2.06. The molecule has 0 saturated heterocycles. The van der Waals surface area contributed by atoms with Crippen molar-refractivity contribution in [3.63, 3.8) is 0 Å². The van der Waals surface area contributed by atoms with Crippen molar-refractivity contribution in [2.24, 2.45) is 0 Å². The molecule has 0 unspecified atom stereocenters. The number of nitrogens with two attached hydrogens (primary N) is 1. The quantitative estimate of drug-likeness (QED) is 0.847. The molecule has 0 radical (unpaired) electrons. The summed E-state index contributed by atoms with van der Waals surface area (Å²) in [6.07, 6.45) is 1.64. The van der Waals surface area contributed by atoms with Gasteiger partial charge in [-0.15, -0.1) is 0 Å². The van der Waals surface area contributed by atoms with Crippen LogP contribution in [0.15, 0.2) is 42.6 Å². The zero-order valence-corrected chi connectivity index (χ0v) is 10.9. The largest absolute Gasteiger partial charge is 0.399 e. The van der Waals surface area contributed by atoms with E-state index in [-0.39, 0.29) is 0 Å². The molecule has 1 heterocycles. The molecule has 4 nitrogen and oxygen atoms in total. The minimum atomic E-state index is 0.488. The van der Waals surface area contributed by atoms with E-state index in [1.165, 1.54) is 0 Å². The molecule has 96 valence electrons. The SMILES string of the molecule is CN(Cc1cccc(N)c1)Cc1cccnc1C#N. The van der Waals surface area contributed by atoms with Crippen molar-refractivity contribution < 1.29 is 0 Å². The molecule has 4 heteroatoms. The molecule has 2 N–H and O–H groups in total. The molecule has 0 fully saturated rings. The number of anilines is 1. The van der Waals surface area contributed by atoms with Gasteiger partial charge < -0.3 is 5.73 Å². The Morgan fingerprint density at radius 3 is 2.84 bits per heavy atom. The normalized spacial score (nSPS) is 10.4.